The zero-order chi connectivity index (χ0) is 15.0. The Bertz CT molecular complexity index is 485. The van der Waals surface area contributed by atoms with E-state index in [4.69, 9.17) is 5.11 Å². The van der Waals surface area contributed by atoms with E-state index in [2.05, 4.69) is 5.10 Å². The summed E-state index contributed by atoms with van der Waals surface area (Å²) >= 11 is 0. The number of nitrogens with zero attached hydrogens (tertiary/aromatic N) is 3. The molecule has 6 nitrogen and oxygen atoms in total. The minimum Gasteiger partial charge on any atom is -0.396 e. The second-order valence-electron chi connectivity index (χ2n) is 4.60. The number of carbonyl (C=O) groups excluding carboxylic acids is 1. The van der Waals surface area contributed by atoms with Gasteiger partial charge in [-0.05, 0) is 25.8 Å². The average molecular weight is 281 g/mol. The first kappa shape index (κ1) is 16.4. The van der Waals surface area contributed by atoms with Crippen molar-refractivity contribution in [1.29, 1.82) is 0 Å². The Kier molecular flexibility index (Phi) is 6.93. The first-order valence-electron chi connectivity index (χ1n) is 7.12. The fourth-order valence-corrected chi connectivity index (χ4v) is 1.86. The molecule has 0 saturated heterocycles. The maximum atomic E-state index is 12.3. The van der Waals surface area contributed by atoms with E-state index in [0.29, 0.717) is 26.1 Å². The lowest BCUT2D eigenvalue weighted by molar-refractivity contribution is 0.0745. The quantitative estimate of drug-likeness (QED) is 0.768. The van der Waals surface area contributed by atoms with Crippen molar-refractivity contribution in [3.63, 3.8) is 0 Å². The van der Waals surface area contributed by atoms with Gasteiger partial charge in [0.1, 0.15) is 5.69 Å². The number of amides is 1. The number of aliphatic hydroxyl groups excluding tert-OH is 1. The Labute approximate surface area is 119 Å². The summed E-state index contributed by atoms with van der Waals surface area (Å²) in [5, 5.41) is 13.0. The third kappa shape index (κ3) is 4.45. The number of aromatic nitrogens is 2. The molecule has 1 aromatic heterocycles. The van der Waals surface area contributed by atoms with Gasteiger partial charge < -0.3 is 10.0 Å². The molecule has 0 bridgehead atoms. The molecule has 0 unspecified atom stereocenters. The number of aliphatic hydroxyl groups is 1. The third-order valence-corrected chi connectivity index (χ3v) is 3.06. The Morgan fingerprint density at radius 2 is 2.10 bits per heavy atom. The second-order valence-corrected chi connectivity index (χ2v) is 4.60. The van der Waals surface area contributed by atoms with Gasteiger partial charge in [0.25, 0.3) is 11.5 Å². The van der Waals surface area contributed by atoms with Crippen LogP contribution >= 0.6 is 0 Å². The molecule has 20 heavy (non-hydrogen) atoms. The number of carbonyl (C=O) groups is 1. The zero-order valence-corrected chi connectivity index (χ0v) is 12.2. The molecule has 1 amide bonds. The fourth-order valence-electron chi connectivity index (χ4n) is 1.86. The third-order valence-electron chi connectivity index (χ3n) is 3.06. The van der Waals surface area contributed by atoms with Crippen molar-refractivity contribution in [3.8, 4) is 0 Å². The highest BCUT2D eigenvalue weighted by Crippen LogP contribution is 2.02. The highest BCUT2D eigenvalue weighted by Gasteiger charge is 2.16. The van der Waals surface area contributed by atoms with Crippen LogP contribution in [0.5, 0.6) is 0 Å². The van der Waals surface area contributed by atoms with Crippen LogP contribution in [0.4, 0.5) is 0 Å². The predicted octanol–water partition coefficient (Wildman–Crippen LogP) is 0.888. The van der Waals surface area contributed by atoms with E-state index in [-0.39, 0.29) is 23.8 Å². The van der Waals surface area contributed by atoms with Crippen LogP contribution in [0.15, 0.2) is 16.9 Å². The van der Waals surface area contributed by atoms with E-state index < -0.39 is 0 Å². The van der Waals surface area contributed by atoms with Crippen molar-refractivity contribution in [3.05, 3.63) is 28.2 Å². The fraction of sp³-hybridized carbons (Fsp3) is 0.643. The van der Waals surface area contributed by atoms with Crippen molar-refractivity contribution in [2.75, 3.05) is 19.7 Å². The van der Waals surface area contributed by atoms with Gasteiger partial charge in [-0.2, -0.15) is 5.10 Å². The lowest BCUT2D eigenvalue weighted by atomic mass is 10.3. The van der Waals surface area contributed by atoms with Crippen LogP contribution in [0.1, 0.15) is 43.6 Å². The molecule has 112 valence electrons. The first-order valence-corrected chi connectivity index (χ1v) is 7.12. The maximum absolute atomic E-state index is 12.3. The SMILES string of the molecule is CCCCn1nc(C(=O)N(CC)CCCO)ccc1=O. The molecule has 0 aliphatic heterocycles. The number of rotatable bonds is 8. The van der Waals surface area contributed by atoms with Crippen LogP contribution in [-0.2, 0) is 6.54 Å². The monoisotopic (exact) mass is 281 g/mol. The highest BCUT2D eigenvalue weighted by atomic mass is 16.3. The molecule has 6 heteroatoms. The molecule has 0 spiro atoms. The van der Waals surface area contributed by atoms with Crippen LogP contribution in [0.25, 0.3) is 0 Å². The molecule has 0 aliphatic rings. The predicted molar refractivity (Wildman–Crippen MR) is 76.7 cm³/mol. The largest absolute Gasteiger partial charge is 0.396 e. The molecular formula is C14H23N3O3. The van der Waals surface area contributed by atoms with Crippen LogP contribution in [0, 0.1) is 0 Å². The van der Waals surface area contributed by atoms with Gasteiger partial charge in [-0.3, -0.25) is 9.59 Å². The molecule has 1 heterocycles. The molecule has 0 atom stereocenters. The van der Waals surface area contributed by atoms with Crippen LogP contribution in [-0.4, -0.2) is 45.4 Å². The molecule has 0 aromatic carbocycles. The van der Waals surface area contributed by atoms with Gasteiger partial charge in [0.15, 0.2) is 0 Å². The summed E-state index contributed by atoms with van der Waals surface area (Å²) in [6.07, 6.45) is 2.35. The Hall–Kier alpha value is -1.69. The lowest BCUT2D eigenvalue weighted by Gasteiger charge is -2.20. The number of hydrogen-bond acceptors (Lipinski definition) is 4. The van der Waals surface area contributed by atoms with Gasteiger partial charge in [0, 0.05) is 32.3 Å². The van der Waals surface area contributed by atoms with Gasteiger partial charge >= 0.3 is 0 Å². The normalized spacial score (nSPS) is 10.6. The standard InChI is InChI=1S/C14H23N3O3/c1-3-5-10-17-13(19)8-7-12(15-17)14(20)16(4-2)9-6-11-18/h7-8,18H,3-6,9-11H2,1-2H3. The molecule has 0 radical (unpaired) electrons. The van der Waals surface area contributed by atoms with E-state index in [9.17, 15) is 9.59 Å². The first-order chi connectivity index (χ1) is 9.63. The van der Waals surface area contributed by atoms with Crippen LogP contribution in [0.2, 0.25) is 0 Å². The van der Waals surface area contributed by atoms with Crippen molar-refractivity contribution >= 4 is 5.91 Å². The molecule has 1 N–H and O–H groups in total. The van der Waals surface area contributed by atoms with Crippen molar-refractivity contribution in [1.82, 2.24) is 14.7 Å². The average Bonchev–Trinajstić information content (AvgIpc) is 2.47. The van der Waals surface area contributed by atoms with E-state index in [1.165, 1.54) is 16.8 Å². The number of unbranched alkanes of at least 4 members (excludes halogenated alkanes) is 1. The van der Waals surface area contributed by atoms with E-state index >= 15 is 0 Å². The van der Waals surface area contributed by atoms with E-state index in [0.717, 1.165) is 12.8 Å². The smallest absolute Gasteiger partial charge is 0.274 e. The minimum absolute atomic E-state index is 0.0488. The van der Waals surface area contributed by atoms with Crippen molar-refractivity contribution in [2.24, 2.45) is 0 Å². The molecule has 1 aromatic rings. The van der Waals surface area contributed by atoms with Gasteiger partial charge in [-0.25, -0.2) is 4.68 Å². The number of aryl methyl sites for hydroxylation is 1. The summed E-state index contributed by atoms with van der Waals surface area (Å²) < 4.78 is 1.34. The topological polar surface area (TPSA) is 75.4 Å². The Morgan fingerprint density at radius 1 is 1.35 bits per heavy atom. The summed E-state index contributed by atoms with van der Waals surface area (Å²) in [6.45, 7) is 5.53. The van der Waals surface area contributed by atoms with E-state index in [1.54, 1.807) is 4.90 Å². The van der Waals surface area contributed by atoms with Crippen LogP contribution in [0.3, 0.4) is 0 Å². The second kappa shape index (κ2) is 8.47. The van der Waals surface area contributed by atoms with Crippen LogP contribution < -0.4 is 5.56 Å². The maximum Gasteiger partial charge on any atom is 0.274 e. The van der Waals surface area contributed by atoms with Gasteiger partial charge in [0.2, 0.25) is 0 Å². The molecule has 0 saturated carbocycles. The minimum atomic E-state index is -0.203. The summed E-state index contributed by atoms with van der Waals surface area (Å²) in [5.41, 5.74) is 0.0916. The molecule has 0 aliphatic carbocycles. The summed E-state index contributed by atoms with van der Waals surface area (Å²) in [6, 6.07) is 2.85. The highest BCUT2D eigenvalue weighted by molar-refractivity contribution is 5.92. The van der Waals surface area contributed by atoms with Gasteiger partial charge in [-0.15, -0.1) is 0 Å². The zero-order valence-electron chi connectivity index (χ0n) is 12.2. The number of hydrogen-bond donors (Lipinski definition) is 1. The Morgan fingerprint density at radius 3 is 2.70 bits per heavy atom. The summed E-state index contributed by atoms with van der Waals surface area (Å²) in [5.74, 6) is -0.203. The van der Waals surface area contributed by atoms with Gasteiger partial charge in [0.05, 0.1) is 0 Å². The van der Waals surface area contributed by atoms with Crippen molar-refractivity contribution in [2.45, 2.75) is 39.7 Å². The molecule has 0 fully saturated rings. The van der Waals surface area contributed by atoms with E-state index in [1.807, 2.05) is 13.8 Å². The summed E-state index contributed by atoms with van der Waals surface area (Å²) in [7, 11) is 0. The van der Waals surface area contributed by atoms with Gasteiger partial charge in [-0.1, -0.05) is 13.3 Å². The Balaban J connectivity index is 2.88. The molecule has 1 rings (SSSR count). The lowest BCUT2D eigenvalue weighted by Crippen LogP contribution is -2.34. The molecular weight excluding hydrogens is 258 g/mol. The van der Waals surface area contributed by atoms with Crippen molar-refractivity contribution < 1.29 is 9.90 Å². The summed E-state index contributed by atoms with van der Waals surface area (Å²) in [4.78, 5) is 25.6.